The molecule has 0 radical (unpaired) electrons. The summed E-state index contributed by atoms with van der Waals surface area (Å²) in [5, 5.41) is 1.03. The second-order valence-electron chi connectivity index (χ2n) is 3.27. The van der Waals surface area contributed by atoms with E-state index in [1.165, 1.54) is 0 Å². The maximum Gasteiger partial charge on any atom is 0.139 e. The van der Waals surface area contributed by atoms with Crippen molar-refractivity contribution in [2.75, 3.05) is 13.7 Å². The molecule has 2 aromatic rings. The first-order chi connectivity index (χ1) is 8.24. The van der Waals surface area contributed by atoms with E-state index in [1.807, 2.05) is 23.8 Å². The molecule has 92 valence electrons. The van der Waals surface area contributed by atoms with Gasteiger partial charge in [-0.3, -0.25) is 4.98 Å². The lowest BCUT2D eigenvalue weighted by Gasteiger charge is -1.96. The lowest BCUT2D eigenvalue weighted by atomic mass is 10.3. The van der Waals surface area contributed by atoms with Gasteiger partial charge in [0.05, 0.1) is 12.1 Å². The smallest absolute Gasteiger partial charge is 0.139 e. The molecule has 2 aromatic heterocycles. The maximum absolute atomic E-state index is 10.4. The molecular weight excluding hydrogens is 284 g/mol. The number of methoxy groups -OCH3 is 1. The monoisotopic (exact) mass is 298 g/mol. The van der Waals surface area contributed by atoms with Crippen LogP contribution < -0.4 is 0 Å². The van der Waals surface area contributed by atoms with E-state index >= 15 is 0 Å². The quantitative estimate of drug-likeness (QED) is 0.818. The third kappa shape index (κ3) is 3.64. The highest BCUT2D eigenvalue weighted by Crippen LogP contribution is 2.24. The molecule has 0 saturated carbocycles. The van der Waals surface area contributed by atoms with Crippen LogP contribution in [-0.4, -0.2) is 29.6 Å². The summed E-state index contributed by atoms with van der Waals surface area (Å²) in [5.74, 6) is 0. The zero-order chi connectivity index (χ0) is 12.7. The van der Waals surface area contributed by atoms with Gasteiger partial charge < -0.3 is 14.1 Å². The first-order valence-electron chi connectivity index (χ1n) is 5.25. The Morgan fingerprint density at radius 3 is 2.88 bits per heavy atom. The highest BCUT2D eigenvalue weighted by molar-refractivity contribution is 9.10. The largest absolute Gasteiger partial charge is 0.385 e. The third-order valence-electron chi connectivity index (χ3n) is 2.19. The molecule has 17 heavy (non-hydrogen) atoms. The van der Waals surface area contributed by atoms with Crippen LogP contribution in [0.5, 0.6) is 0 Å². The molecule has 5 heteroatoms. The Hall–Kier alpha value is -1.20. The van der Waals surface area contributed by atoms with E-state index in [1.54, 1.807) is 19.5 Å². The number of carbonyl (C=O) groups is 1. The van der Waals surface area contributed by atoms with Gasteiger partial charge in [-0.15, -0.1) is 0 Å². The summed E-state index contributed by atoms with van der Waals surface area (Å²) in [6, 6.07) is 1.89. The van der Waals surface area contributed by atoms with Crippen LogP contribution in [0.4, 0.5) is 0 Å². The van der Waals surface area contributed by atoms with Crippen molar-refractivity contribution in [3.05, 3.63) is 29.1 Å². The molecular formula is C12H15BrN2O2. The van der Waals surface area contributed by atoms with Gasteiger partial charge in [0.15, 0.2) is 0 Å². The SMILES string of the molecule is CCOC.O=CCn1cc(Br)c2cnccc21. The van der Waals surface area contributed by atoms with E-state index in [0.29, 0.717) is 6.54 Å². The lowest BCUT2D eigenvalue weighted by molar-refractivity contribution is -0.108. The zero-order valence-corrected chi connectivity index (χ0v) is 11.5. The Morgan fingerprint density at radius 1 is 1.59 bits per heavy atom. The molecule has 0 aliphatic rings. The minimum Gasteiger partial charge on any atom is -0.385 e. The number of rotatable bonds is 3. The molecule has 0 spiro atoms. The second kappa shape index (κ2) is 7.19. The van der Waals surface area contributed by atoms with Gasteiger partial charge in [-0.05, 0) is 28.9 Å². The number of hydrogen-bond donors (Lipinski definition) is 0. The molecule has 0 aromatic carbocycles. The molecule has 0 atom stereocenters. The predicted octanol–water partition coefficient (Wildman–Crippen LogP) is 2.65. The molecule has 2 heterocycles. The van der Waals surface area contributed by atoms with Crippen LogP contribution in [0, 0.1) is 0 Å². The fourth-order valence-electron chi connectivity index (χ4n) is 1.33. The molecule has 0 amide bonds. The second-order valence-corrected chi connectivity index (χ2v) is 4.12. The van der Waals surface area contributed by atoms with E-state index in [9.17, 15) is 4.79 Å². The molecule has 0 bridgehead atoms. The van der Waals surface area contributed by atoms with E-state index < -0.39 is 0 Å². The normalized spacial score (nSPS) is 9.82. The van der Waals surface area contributed by atoms with Crippen molar-refractivity contribution in [2.45, 2.75) is 13.5 Å². The average molecular weight is 299 g/mol. The van der Waals surface area contributed by atoms with Crippen LogP contribution in [0.2, 0.25) is 0 Å². The first-order valence-corrected chi connectivity index (χ1v) is 6.04. The van der Waals surface area contributed by atoms with Crippen LogP contribution in [0.25, 0.3) is 10.9 Å². The summed E-state index contributed by atoms with van der Waals surface area (Å²) < 4.78 is 7.39. The summed E-state index contributed by atoms with van der Waals surface area (Å²) in [7, 11) is 1.68. The number of nitrogens with zero attached hydrogens (tertiary/aromatic N) is 2. The first kappa shape index (κ1) is 13.9. The van der Waals surface area contributed by atoms with Gasteiger partial charge >= 0.3 is 0 Å². The van der Waals surface area contributed by atoms with Crippen molar-refractivity contribution < 1.29 is 9.53 Å². The standard InChI is InChI=1S/C9H7BrN2O.C3H8O/c10-8-6-12(3-4-13)9-1-2-11-5-7(8)9;1-3-4-2/h1-2,4-6H,3H2;3H2,1-2H3. The number of fused-ring (bicyclic) bond motifs is 1. The maximum atomic E-state index is 10.4. The molecule has 0 aliphatic carbocycles. The molecule has 0 saturated heterocycles. The number of aldehydes is 1. The van der Waals surface area contributed by atoms with Gasteiger partial charge in [0, 0.05) is 42.2 Å². The highest BCUT2D eigenvalue weighted by atomic mass is 79.9. The molecule has 0 fully saturated rings. The summed E-state index contributed by atoms with van der Waals surface area (Å²) in [5.41, 5.74) is 1.02. The van der Waals surface area contributed by atoms with Crippen LogP contribution in [0.3, 0.4) is 0 Å². The van der Waals surface area contributed by atoms with E-state index in [-0.39, 0.29) is 0 Å². The van der Waals surface area contributed by atoms with Gasteiger partial charge in [0.2, 0.25) is 0 Å². The average Bonchev–Trinajstić information content (AvgIpc) is 2.68. The summed E-state index contributed by atoms with van der Waals surface area (Å²) >= 11 is 3.41. The summed E-state index contributed by atoms with van der Waals surface area (Å²) in [6.07, 6.45) is 6.27. The predicted molar refractivity (Wildman–Crippen MR) is 71.0 cm³/mol. The van der Waals surface area contributed by atoms with Gasteiger partial charge in [0.25, 0.3) is 0 Å². The van der Waals surface area contributed by atoms with Gasteiger partial charge in [-0.2, -0.15) is 0 Å². The van der Waals surface area contributed by atoms with Crippen LogP contribution in [0.1, 0.15) is 6.92 Å². The molecule has 4 nitrogen and oxygen atoms in total. The van der Waals surface area contributed by atoms with Crippen molar-refractivity contribution in [1.29, 1.82) is 0 Å². The number of halogens is 1. The Morgan fingerprint density at radius 2 is 2.29 bits per heavy atom. The van der Waals surface area contributed by atoms with Crippen LogP contribution in [-0.2, 0) is 16.1 Å². The molecule has 2 rings (SSSR count). The topological polar surface area (TPSA) is 44.1 Å². The minimum atomic E-state index is 0.381. The number of ether oxygens (including phenoxy) is 1. The molecule has 0 N–H and O–H groups in total. The minimum absolute atomic E-state index is 0.381. The molecule has 0 unspecified atom stereocenters. The van der Waals surface area contributed by atoms with Crippen molar-refractivity contribution in [3.8, 4) is 0 Å². The zero-order valence-electron chi connectivity index (χ0n) is 9.89. The summed E-state index contributed by atoms with van der Waals surface area (Å²) in [4.78, 5) is 14.4. The third-order valence-corrected chi connectivity index (χ3v) is 2.83. The number of aromatic nitrogens is 2. The van der Waals surface area contributed by atoms with E-state index in [4.69, 9.17) is 0 Å². The number of carbonyl (C=O) groups excluding carboxylic acids is 1. The highest BCUT2D eigenvalue weighted by Gasteiger charge is 2.04. The van der Waals surface area contributed by atoms with E-state index in [0.717, 1.165) is 28.3 Å². The Labute approximate surface area is 109 Å². The van der Waals surface area contributed by atoms with Crippen molar-refractivity contribution in [3.63, 3.8) is 0 Å². The van der Waals surface area contributed by atoms with Crippen LogP contribution in [0.15, 0.2) is 29.1 Å². The van der Waals surface area contributed by atoms with E-state index in [2.05, 4.69) is 25.7 Å². The van der Waals surface area contributed by atoms with Gasteiger partial charge in [-0.1, -0.05) is 0 Å². The van der Waals surface area contributed by atoms with Crippen molar-refractivity contribution in [2.24, 2.45) is 0 Å². The number of hydrogen-bond acceptors (Lipinski definition) is 3. The Balaban J connectivity index is 0.000000317. The molecule has 0 aliphatic heterocycles. The fraction of sp³-hybridized carbons (Fsp3) is 0.333. The fourth-order valence-corrected chi connectivity index (χ4v) is 1.88. The Bertz CT molecular complexity index is 480. The Kier molecular flexibility index (Phi) is 5.86. The number of pyridine rings is 1. The van der Waals surface area contributed by atoms with Crippen molar-refractivity contribution in [1.82, 2.24) is 9.55 Å². The van der Waals surface area contributed by atoms with Gasteiger partial charge in [-0.25, -0.2) is 0 Å². The lowest BCUT2D eigenvalue weighted by Crippen LogP contribution is -1.95. The summed E-state index contributed by atoms with van der Waals surface area (Å²) in [6.45, 7) is 3.16. The van der Waals surface area contributed by atoms with Crippen LogP contribution >= 0.6 is 15.9 Å². The van der Waals surface area contributed by atoms with Crippen molar-refractivity contribution >= 4 is 33.1 Å². The van der Waals surface area contributed by atoms with Gasteiger partial charge in [0.1, 0.15) is 6.29 Å².